The topological polar surface area (TPSA) is 69.6 Å². The van der Waals surface area contributed by atoms with Gasteiger partial charge in [-0.1, -0.05) is 6.58 Å². The number of rotatable bonds is 2. The smallest absolute Gasteiger partial charge is 0.151 e. The highest BCUT2D eigenvalue weighted by Crippen LogP contribution is 2.22. The second kappa shape index (κ2) is 3.53. The van der Waals surface area contributed by atoms with Crippen LogP contribution in [-0.4, -0.2) is 19.7 Å². The van der Waals surface area contributed by atoms with Gasteiger partial charge in [0, 0.05) is 13.2 Å². The minimum atomic E-state index is 0.579. The summed E-state index contributed by atoms with van der Waals surface area (Å²) < 4.78 is 1.60. The van der Waals surface area contributed by atoms with E-state index in [1.54, 1.807) is 36.3 Å². The predicted molar refractivity (Wildman–Crippen MR) is 58.7 cm³/mol. The molecule has 0 aromatic carbocycles. The third kappa shape index (κ3) is 1.59. The van der Waals surface area contributed by atoms with Gasteiger partial charge in [0.1, 0.15) is 5.82 Å². The lowest BCUT2D eigenvalue weighted by Crippen LogP contribution is -1.99. The number of aromatic nitrogens is 4. The highest BCUT2D eigenvalue weighted by atomic mass is 15.3. The fraction of sp³-hybridized carbons (Fsp3) is 0.100. The van der Waals surface area contributed by atoms with Gasteiger partial charge in [0.2, 0.25) is 0 Å². The Morgan fingerprint density at radius 2 is 2.33 bits per heavy atom. The molecule has 0 bridgehead atoms. The van der Waals surface area contributed by atoms with E-state index in [0.717, 1.165) is 11.3 Å². The first kappa shape index (κ1) is 9.39. The van der Waals surface area contributed by atoms with Crippen LogP contribution < -0.4 is 5.73 Å². The summed E-state index contributed by atoms with van der Waals surface area (Å²) >= 11 is 0. The fourth-order valence-electron chi connectivity index (χ4n) is 1.27. The molecule has 0 aliphatic rings. The van der Waals surface area contributed by atoms with Crippen LogP contribution in [-0.2, 0) is 7.05 Å². The molecule has 0 aliphatic carbocycles. The normalized spacial score (nSPS) is 10.2. The van der Waals surface area contributed by atoms with E-state index in [0.29, 0.717) is 11.6 Å². The molecule has 2 aromatic rings. The number of anilines is 1. The summed E-state index contributed by atoms with van der Waals surface area (Å²) in [7, 11) is 1.79. The zero-order chi connectivity index (χ0) is 10.8. The van der Waals surface area contributed by atoms with Gasteiger partial charge >= 0.3 is 0 Å². The van der Waals surface area contributed by atoms with Crippen molar-refractivity contribution >= 4 is 11.9 Å². The van der Waals surface area contributed by atoms with Gasteiger partial charge in [-0.3, -0.25) is 4.68 Å². The van der Waals surface area contributed by atoms with Gasteiger partial charge < -0.3 is 5.73 Å². The first-order valence-electron chi connectivity index (χ1n) is 4.45. The monoisotopic (exact) mass is 201 g/mol. The summed E-state index contributed by atoms with van der Waals surface area (Å²) in [6, 6.07) is 1.79. The molecule has 0 unspecified atom stereocenters. The number of nitrogens with zero attached hydrogens (tertiary/aromatic N) is 4. The van der Waals surface area contributed by atoms with Crippen LogP contribution in [0.2, 0.25) is 0 Å². The molecule has 5 nitrogen and oxygen atoms in total. The molecule has 2 rings (SSSR count). The molecular weight excluding hydrogens is 190 g/mol. The van der Waals surface area contributed by atoms with Crippen LogP contribution in [0.1, 0.15) is 5.82 Å². The number of aryl methyl sites for hydroxylation is 1. The Labute approximate surface area is 87.3 Å². The number of hydrogen-bond donors (Lipinski definition) is 1. The standard InChI is InChI=1S/C10H11N5/c1-3-9-12-5-4-8(14-9)7-6-13-15(2)10(7)11/h3-6H,1,11H2,2H3. The van der Waals surface area contributed by atoms with E-state index >= 15 is 0 Å². The summed E-state index contributed by atoms with van der Waals surface area (Å²) in [5, 5.41) is 4.05. The first-order chi connectivity index (χ1) is 7.22. The van der Waals surface area contributed by atoms with Crippen LogP contribution in [0.3, 0.4) is 0 Å². The molecule has 2 N–H and O–H groups in total. The molecule has 5 heteroatoms. The molecule has 2 heterocycles. The second-order valence-electron chi connectivity index (χ2n) is 3.07. The Morgan fingerprint density at radius 1 is 1.53 bits per heavy atom. The van der Waals surface area contributed by atoms with Crippen molar-refractivity contribution in [1.82, 2.24) is 19.7 Å². The van der Waals surface area contributed by atoms with Crippen LogP contribution in [0.25, 0.3) is 17.3 Å². The van der Waals surface area contributed by atoms with E-state index in [1.165, 1.54) is 0 Å². The summed E-state index contributed by atoms with van der Waals surface area (Å²) in [6.07, 6.45) is 4.95. The quantitative estimate of drug-likeness (QED) is 0.790. The van der Waals surface area contributed by atoms with Crippen LogP contribution in [0, 0.1) is 0 Å². The SMILES string of the molecule is C=Cc1nccc(-c2cnn(C)c2N)n1. The van der Waals surface area contributed by atoms with Crippen molar-refractivity contribution in [2.75, 3.05) is 5.73 Å². The zero-order valence-corrected chi connectivity index (χ0v) is 8.38. The van der Waals surface area contributed by atoms with E-state index in [1.807, 2.05) is 0 Å². The third-order valence-corrected chi connectivity index (χ3v) is 2.12. The Morgan fingerprint density at radius 3 is 2.93 bits per heavy atom. The Bertz CT molecular complexity index is 500. The van der Waals surface area contributed by atoms with Crippen molar-refractivity contribution < 1.29 is 0 Å². The number of nitrogens with two attached hydrogens (primary N) is 1. The summed E-state index contributed by atoms with van der Waals surface area (Å²) in [6.45, 7) is 3.62. The van der Waals surface area contributed by atoms with Crippen LogP contribution in [0.4, 0.5) is 5.82 Å². The Hall–Kier alpha value is -2.17. The van der Waals surface area contributed by atoms with E-state index in [9.17, 15) is 0 Å². The predicted octanol–water partition coefficient (Wildman–Crippen LogP) is 1.10. The number of hydrogen-bond acceptors (Lipinski definition) is 4. The van der Waals surface area contributed by atoms with Crippen molar-refractivity contribution in [3.63, 3.8) is 0 Å². The summed E-state index contributed by atoms with van der Waals surface area (Å²) in [5.74, 6) is 1.17. The maximum atomic E-state index is 5.84. The van der Waals surface area contributed by atoms with E-state index in [-0.39, 0.29) is 0 Å². The van der Waals surface area contributed by atoms with Crippen LogP contribution >= 0.6 is 0 Å². The van der Waals surface area contributed by atoms with Gasteiger partial charge in [-0.2, -0.15) is 5.10 Å². The molecule has 0 saturated carbocycles. The minimum absolute atomic E-state index is 0.579. The third-order valence-electron chi connectivity index (χ3n) is 2.12. The molecule has 2 aromatic heterocycles. The van der Waals surface area contributed by atoms with Crippen LogP contribution in [0.15, 0.2) is 25.0 Å². The molecule has 0 saturated heterocycles. The molecule has 0 fully saturated rings. The second-order valence-corrected chi connectivity index (χ2v) is 3.07. The van der Waals surface area contributed by atoms with Crippen molar-refractivity contribution in [1.29, 1.82) is 0 Å². The molecule has 0 radical (unpaired) electrons. The van der Waals surface area contributed by atoms with Crippen LogP contribution in [0.5, 0.6) is 0 Å². The van der Waals surface area contributed by atoms with Crippen molar-refractivity contribution in [2.45, 2.75) is 0 Å². The maximum absolute atomic E-state index is 5.84. The largest absolute Gasteiger partial charge is 0.383 e. The Balaban J connectivity index is 2.53. The lowest BCUT2D eigenvalue weighted by atomic mass is 10.2. The average molecular weight is 201 g/mol. The van der Waals surface area contributed by atoms with E-state index in [2.05, 4.69) is 21.6 Å². The molecule has 0 spiro atoms. The van der Waals surface area contributed by atoms with Crippen molar-refractivity contribution in [3.05, 3.63) is 30.9 Å². The van der Waals surface area contributed by atoms with Gasteiger partial charge in [0.15, 0.2) is 5.82 Å². The maximum Gasteiger partial charge on any atom is 0.151 e. The lowest BCUT2D eigenvalue weighted by Gasteiger charge is -2.00. The van der Waals surface area contributed by atoms with E-state index in [4.69, 9.17) is 5.73 Å². The first-order valence-corrected chi connectivity index (χ1v) is 4.45. The van der Waals surface area contributed by atoms with Crippen molar-refractivity contribution in [2.24, 2.45) is 7.05 Å². The number of nitrogen functional groups attached to an aromatic ring is 1. The van der Waals surface area contributed by atoms with E-state index < -0.39 is 0 Å². The van der Waals surface area contributed by atoms with Gasteiger partial charge in [0.05, 0.1) is 17.5 Å². The molecule has 0 aliphatic heterocycles. The van der Waals surface area contributed by atoms with Gasteiger partial charge in [-0.15, -0.1) is 0 Å². The summed E-state index contributed by atoms with van der Waals surface area (Å²) in [5.41, 5.74) is 7.40. The van der Waals surface area contributed by atoms with Crippen molar-refractivity contribution in [3.8, 4) is 11.3 Å². The summed E-state index contributed by atoms with van der Waals surface area (Å²) in [4.78, 5) is 8.30. The molecular formula is C10H11N5. The molecule has 76 valence electrons. The minimum Gasteiger partial charge on any atom is -0.383 e. The molecule has 0 amide bonds. The highest BCUT2D eigenvalue weighted by molar-refractivity contribution is 5.70. The van der Waals surface area contributed by atoms with Gasteiger partial charge in [0.25, 0.3) is 0 Å². The van der Waals surface area contributed by atoms with Gasteiger partial charge in [-0.25, -0.2) is 9.97 Å². The lowest BCUT2D eigenvalue weighted by molar-refractivity contribution is 0.779. The molecule has 0 atom stereocenters. The Kier molecular flexibility index (Phi) is 2.21. The highest BCUT2D eigenvalue weighted by Gasteiger charge is 2.08. The average Bonchev–Trinajstić information content (AvgIpc) is 2.60. The molecule has 15 heavy (non-hydrogen) atoms. The zero-order valence-electron chi connectivity index (χ0n) is 8.38. The van der Waals surface area contributed by atoms with Gasteiger partial charge in [-0.05, 0) is 12.1 Å². The fourth-order valence-corrected chi connectivity index (χ4v) is 1.27.